The summed E-state index contributed by atoms with van der Waals surface area (Å²) in [5.74, 6) is 0.766. The predicted octanol–water partition coefficient (Wildman–Crippen LogP) is 2.28. The van der Waals surface area contributed by atoms with Gasteiger partial charge >= 0.3 is 0 Å². The molecule has 0 amide bonds. The Kier molecular flexibility index (Phi) is 2.47. The lowest BCUT2D eigenvalue weighted by molar-refractivity contribution is 0.413. The van der Waals surface area contributed by atoms with Crippen molar-refractivity contribution in [2.75, 3.05) is 27.7 Å². The van der Waals surface area contributed by atoms with E-state index in [9.17, 15) is 0 Å². The van der Waals surface area contributed by atoms with Crippen molar-refractivity contribution in [2.24, 2.45) is 0 Å². The van der Waals surface area contributed by atoms with E-state index in [1.807, 2.05) is 38.5 Å². The van der Waals surface area contributed by atoms with Crippen LogP contribution in [0.1, 0.15) is 8.30 Å². The summed E-state index contributed by atoms with van der Waals surface area (Å²) in [4.78, 5) is 4.87. The summed E-state index contributed by atoms with van der Waals surface area (Å²) in [6.45, 7) is -0.588. The van der Waals surface area contributed by atoms with Crippen LogP contribution in [0, 0.1) is 0 Å². The lowest BCUT2D eigenvalue weighted by atomic mass is 10.1. The van der Waals surface area contributed by atoms with Crippen molar-refractivity contribution >= 4 is 10.9 Å². The Balaban J connectivity index is 2.44. The molecule has 0 spiro atoms. The second-order valence-corrected chi connectivity index (χ2v) is 3.93. The van der Waals surface area contributed by atoms with Gasteiger partial charge in [-0.3, -0.25) is 0 Å². The van der Waals surface area contributed by atoms with E-state index >= 15 is 0 Å². The molecule has 2 rings (SSSR count). The van der Waals surface area contributed by atoms with E-state index < -0.39 is 12.9 Å². The smallest absolute Gasteiger partial charge is 0.119 e. The Morgan fingerprint density at radius 3 is 2.94 bits per heavy atom. The second-order valence-electron chi connectivity index (χ2n) is 3.93. The van der Waals surface area contributed by atoms with Crippen LogP contribution in [0.5, 0.6) is 5.75 Å². The summed E-state index contributed by atoms with van der Waals surface area (Å²) in [6.07, 6.45) is 1.20. The second kappa shape index (κ2) is 4.58. The Morgan fingerprint density at radius 2 is 2.25 bits per heavy atom. The van der Waals surface area contributed by atoms with Gasteiger partial charge in [-0.2, -0.15) is 0 Å². The number of ether oxygens (including phenoxy) is 1. The molecule has 2 unspecified atom stereocenters. The molecule has 0 bridgehead atoms. The third-order valence-corrected chi connectivity index (χ3v) is 2.47. The summed E-state index contributed by atoms with van der Waals surface area (Å²) in [7, 11) is 5.25. The number of aromatic nitrogens is 1. The number of H-pyrrole nitrogens is 1. The number of fused-ring (bicyclic) bond motifs is 1. The summed E-state index contributed by atoms with van der Waals surface area (Å²) in [6, 6.07) is 5.72. The molecule has 0 radical (unpaired) electrons. The number of nitrogens with zero attached hydrogens (tertiary/aromatic N) is 1. The first-order chi connectivity index (χ1) is 8.54. The standard InChI is InChI=1S/C13H18N2O/c1-15(2)7-6-10-9-14-13-5-4-11(16-3)8-12(10)13/h4-5,8-9,14H,6-7H2,1-3H3/i6D,7D. The maximum atomic E-state index is 8.19. The van der Waals surface area contributed by atoms with Crippen LogP contribution in [0.15, 0.2) is 24.4 Å². The van der Waals surface area contributed by atoms with E-state index in [4.69, 9.17) is 7.48 Å². The minimum absolute atomic E-state index is 0.588. The monoisotopic (exact) mass is 220 g/mol. The number of rotatable bonds is 4. The molecule has 3 nitrogen and oxygen atoms in total. The van der Waals surface area contributed by atoms with Gasteiger partial charge in [0, 0.05) is 26.4 Å². The lowest BCUT2D eigenvalue weighted by Crippen LogP contribution is -2.14. The van der Waals surface area contributed by atoms with E-state index in [1.54, 1.807) is 12.0 Å². The van der Waals surface area contributed by atoms with Crippen LogP contribution in [0.4, 0.5) is 0 Å². The Bertz CT molecular complexity index is 539. The first-order valence-electron chi connectivity index (χ1n) is 6.36. The van der Waals surface area contributed by atoms with Gasteiger partial charge in [0.1, 0.15) is 5.75 Å². The highest BCUT2D eigenvalue weighted by Crippen LogP contribution is 2.23. The van der Waals surface area contributed by atoms with E-state index in [-0.39, 0.29) is 0 Å². The fraction of sp³-hybridized carbons (Fsp3) is 0.385. The molecule has 16 heavy (non-hydrogen) atoms. The molecule has 1 aromatic carbocycles. The quantitative estimate of drug-likeness (QED) is 0.856. The van der Waals surface area contributed by atoms with Crippen LogP contribution in [0.25, 0.3) is 10.9 Å². The third kappa shape index (κ3) is 2.19. The van der Waals surface area contributed by atoms with Gasteiger partial charge in [-0.25, -0.2) is 0 Å². The molecule has 1 heterocycles. The van der Waals surface area contributed by atoms with E-state index in [0.717, 1.165) is 22.2 Å². The van der Waals surface area contributed by atoms with Crippen molar-refractivity contribution < 1.29 is 7.48 Å². The van der Waals surface area contributed by atoms with E-state index in [1.165, 1.54) is 0 Å². The molecule has 0 saturated carbocycles. The average molecular weight is 220 g/mol. The summed E-state index contributed by atoms with van der Waals surface area (Å²) in [5, 5.41) is 0.952. The molecule has 0 fully saturated rings. The maximum absolute atomic E-state index is 8.19. The molecular weight excluding hydrogens is 200 g/mol. The van der Waals surface area contributed by atoms with Crippen LogP contribution in [-0.2, 0) is 6.40 Å². The Labute approximate surface area is 98.8 Å². The summed E-state index contributed by atoms with van der Waals surface area (Å²) < 4.78 is 21.4. The highest BCUT2D eigenvalue weighted by atomic mass is 16.5. The molecule has 0 aliphatic rings. The molecule has 86 valence electrons. The van der Waals surface area contributed by atoms with Crippen molar-refractivity contribution in [3.8, 4) is 5.75 Å². The molecular formula is C13H18N2O. The van der Waals surface area contributed by atoms with Crippen LogP contribution >= 0.6 is 0 Å². The van der Waals surface area contributed by atoms with Gasteiger partial charge in [0.25, 0.3) is 0 Å². The molecule has 3 heteroatoms. The first kappa shape index (κ1) is 8.65. The first-order valence-corrected chi connectivity index (χ1v) is 5.20. The lowest BCUT2D eigenvalue weighted by Gasteiger charge is -2.08. The minimum atomic E-state index is -0.610. The summed E-state index contributed by atoms with van der Waals surface area (Å²) in [5.41, 5.74) is 1.80. The Hall–Kier alpha value is -1.48. The molecule has 1 aromatic heterocycles. The van der Waals surface area contributed by atoms with Crippen molar-refractivity contribution in [1.29, 1.82) is 0 Å². The molecule has 1 N–H and O–H groups in total. The van der Waals surface area contributed by atoms with Crippen molar-refractivity contribution in [3.63, 3.8) is 0 Å². The highest BCUT2D eigenvalue weighted by molar-refractivity contribution is 5.84. The van der Waals surface area contributed by atoms with Gasteiger partial charge in [-0.05, 0) is 44.3 Å². The molecule has 0 aliphatic heterocycles. The number of aryl methyl sites for hydroxylation is 1. The minimum Gasteiger partial charge on any atom is -0.497 e. The van der Waals surface area contributed by atoms with Crippen molar-refractivity contribution in [3.05, 3.63) is 30.0 Å². The fourth-order valence-electron chi connectivity index (χ4n) is 1.62. The van der Waals surface area contributed by atoms with Crippen molar-refractivity contribution in [2.45, 2.75) is 6.40 Å². The van der Waals surface area contributed by atoms with Gasteiger partial charge in [0.05, 0.1) is 7.11 Å². The fourth-order valence-corrected chi connectivity index (χ4v) is 1.62. The van der Waals surface area contributed by atoms with Gasteiger partial charge in [-0.1, -0.05) is 0 Å². The van der Waals surface area contributed by atoms with Crippen LogP contribution < -0.4 is 4.74 Å². The topological polar surface area (TPSA) is 28.3 Å². The number of benzene rings is 1. The number of aromatic amines is 1. The van der Waals surface area contributed by atoms with Crippen LogP contribution in [0.2, 0.25) is 0 Å². The van der Waals surface area contributed by atoms with E-state index in [0.29, 0.717) is 0 Å². The molecule has 0 saturated heterocycles. The number of nitrogens with one attached hydrogen (secondary N) is 1. The molecule has 0 aliphatic carbocycles. The number of methoxy groups -OCH3 is 1. The third-order valence-electron chi connectivity index (χ3n) is 2.47. The van der Waals surface area contributed by atoms with Crippen molar-refractivity contribution in [1.82, 2.24) is 9.88 Å². The SMILES string of the molecule is [2H]C(c1c[nH]c2ccc(OC)cc12)C([2H])N(C)C. The zero-order chi connectivity index (χ0) is 13.3. The normalized spacial score (nSPS) is 17.0. The van der Waals surface area contributed by atoms with Crippen LogP contribution in [0.3, 0.4) is 0 Å². The van der Waals surface area contributed by atoms with Gasteiger partial charge in [0.2, 0.25) is 0 Å². The maximum Gasteiger partial charge on any atom is 0.119 e. The van der Waals surface area contributed by atoms with Gasteiger partial charge in [-0.15, -0.1) is 0 Å². The van der Waals surface area contributed by atoms with E-state index in [2.05, 4.69) is 4.98 Å². The predicted molar refractivity (Wildman–Crippen MR) is 67.1 cm³/mol. The number of hydrogen-bond acceptors (Lipinski definition) is 2. The largest absolute Gasteiger partial charge is 0.497 e. The average Bonchev–Trinajstić information content (AvgIpc) is 2.79. The molecule has 2 aromatic rings. The number of likely N-dealkylation sites (N-methyl/N-ethyl adjacent to an activating group) is 1. The number of hydrogen-bond donors (Lipinski definition) is 1. The molecule has 2 atom stereocenters. The van der Waals surface area contributed by atoms with Crippen LogP contribution in [-0.4, -0.2) is 37.6 Å². The zero-order valence-corrected chi connectivity index (χ0v) is 9.82. The van der Waals surface area contributed by atoms with Gasteiger partial charge < -0.3 is 14.6 Å². The zero-order valence-electron chi connectivity index (χ0n) is 11.8. The highest BCUT2D eigenvalue weighted by Gasteiger charge is 2.05. The summed E-state index contributed by atoms with van der Waals surface area (Å²) >= 11 is 0. The Morgan fingerprint density at radius 1 is 1.44 bits per heavy atom. The van der Waals surface area contributed by atoms with Gasteiger partial charge in [0.15, 0.2) is 0 Å².